The van der Waals surface area contributed by atoms with Crippen LogP contribution in [-0.4, -0.2) is 68.2 Å². The molecule has 3 aliphatic heterocycles. The minimum absolute atomic E-state index is 0.00239. The Kier molecular flexibility index (Phi) is 4.76. The Morgan fingerprint density at radius 1 is 1.18 bits per heavy atom. The fourth-order valence-electron chi connectivity index (χ4n) is 4.82. The van der Waals surface area contributed by atoms with Gasteiger partial charge in [-0.3, -0.25) is 19.6 Å². The molecule has 2 atom stereocenters. The van der Waals surface area contributed by atoms with Crippen LogP contribution in [0.4, 0.5) is 0 Å². The number of fused-ring (bicyclic) bond motifs is 4. The third kappa shape index (κ3) is 3.28. The summed E-state index contributed by atoms with van der Waals surface area (Å²) in [7, 11) is 0. The van der Waals surface area contributed by atoms with E-state index in [1.165, 1.54) is 0 Å². The van der Waals surface area contributed by atoms with Gasteiger partial charge in [0.15, 0.2) is 0 Å². The number of carbonyl (C=O) groups excluding carboxylic acids is 1. The first-order chi connectivity index (χ1) is 13.7. The summed E-state index contributed by atoms with van der Waals surface area (Å²) >= 11 is 1.99. The van der Waals surface area contributed by atoms with Crippen molar-refractivity contribution in [3.05, 3.63) is 51.7 Å². The number of H-pyrrole nitrogens is 1. The van der Waals surface area contributed by atoms with E-state index < -0.39 is 0 Å². The maximum absolute atomic E-state index is 13.2. The van der Waals surface area contributed by atoms with E-state index in [1.807, 2.05) is 27.3 Å². The van der Waals surface area contributed by atoms with Crippen LogP contribution in [0.15, 0.2) is 29.2 Å². The molecule has 0 aliphatic carbocycles. The lowest BCUT2D eigenvalue weighted by atomic mass is 9.83. The number of pyridine rings is 1. The Labute approximate surface area is 168 Å². The van der Waals surface area contributed by atoms with Gasteiger partial charge in [-0.15, -0.1) is 0 Å². The molecule has 3 aliphatic rings. The van der Waals surface area contributed by atoms with Crippen molar-refractivity contribution in [3.63, 3.8) is 0 Å². The van der Waals surface area contributed by atoms with Crippen LogP contribution in [-0.2, 0) is 13.1 Å². The van der Waals surface area contributed by atoms with Gasteiger partial charge in [0.2, 0.25) is 0 Å². The van der Waals surface area contributed by atoms with Gasteiger partial charge in [0, 0.05) is 74.1 Å². The molecule has 7 nitrogen and oxygen atoms in total. The van der Waals surface area contributed by atoms with Crippen LogP contribution in [0.1, 0.15) is 34.1 Å². The molecule has 148 valence electrons. The monoisotopic (exact) mass is 399 g/mol. The highest BCUT2D eigenvalue weighted by molar-refractivity contribution is 7.99. The predicted molar refractivity (Wildman–Crippen MR) is 109 cm³/mol. The van der Waals surface area contributed by atoms with E-state index >= 15 is 0 Å². The third-order valence-electron chi connectivity index (χ3n) is 6.20. The standard InChI is InChI=1S/C20H25N5O2S/c26-19-15(12-23-5-7-28-8-6-23)1-2-18-16-9-14(11-25(18)19)10-24(13-16)20(27)17-3-4-21-22-17/h1-4,14,16H,5-13H2,(H,21,22)/t14-,16+/m0/s1. The summed E-state index contributed by atoms with van der Waals surface area (Å²) in [6.45, 7) is 4.94. The maximum Gasteiger partial charge on any atom is 0.271 e. The minimum Gasteiger partial charge on any atom is -0.336 e. The zero-order chi connectivity index (χ0) is 19.1. The number of carbonyl (C=O) groups is 1. The van der Waals surface area contributed by atoms with Crippen molar-refractivity contribution in [2.45, 2.75) is 25.4 Å². The van der Waals surface area contributed by atoms with Gasteiger partial charge < -0.3 is 9.47 Å². The first-order valence-corrected chi connectivity index (χ1v) is 11.2. The number of aromatic nitrogens is 3. The summed E-state index contributed by atoms with van der Waals surface area (Å²) in [6.07, 6.45) is 2.66. The quantitative estimate of drug-likeness (QED) is 0.844. The summed E-state index contributed by atoms with van der Waals surface area (Å²) in [5.74, 6) is 2.86. The molecule has 1 N–H and O–H groups in total. The van der Waals surface area contributed by atoms with Gasteiger partial charge in [0.05, 0.1) is 0 Å². The minimum atomic E-state index is 0.00239. The van der Waals surface area contributed by atoms with Crippen LogP contribution >= 0.6 is 11.8 Å². The second-order valence-corrected chi connectivity index (χ2v) is 9.29. The molecular weight excluding hydrogens is 374 g/mol. The van der Waals surface area contributed by atoms with Crippen LogP contribution in [0.5, 0.6) is 0 Å². The number of thioether (sulfide) groups is 1. The molecule has 0 saturated carbocycles. The molecule has 1 amide bonds. The molecule has 0 radical (unpaired) electrons. The lowest BCUT2D eigenvalue weighted by Crippen LogP contribution is -2.49. The number of hydrogen-bond donors (Lipinski definition) is 1. The Morgan fingerprint density at radius 3 is 2.82 bits per heavy atom. The maximum atomic E-state index is 13.2. The van der Waals surface area contributed by atoms with E-state index in [0.717, 1.165) is 48.8 Å². The Balaban J connectivity index is 1.38. The Bertz CT molecular complexity index is 919. The van der Waals surface area contributed by atoms with Crippen molar-refractivity contribution >= 4 is 17.7 Å². The molecule has 28 heavy (non-hydrogen) atoms. The second-order valence-electron chi connectivity index (χ2n) is 8.07. The largest absolute Gasteiger partial charge is 0.336 e. The number of nitrogens with one attached hydrogen (secondary N) is 1. The van der Waals surface area contributed by atoms with Gasteiger partial charge in [-0.05, 0) is 24.5 Å². The Morgan fingerprint density at radius 2 is 2.04 bits per heavy atom. The molecule has 0 spiro atoms. The van der Waals surface area contributed by atoms with Gasteiger partial charge in [0.25, 0.3) is 11.5 Å². The van der Waals surface area contributed by atoms with Crippen LogP contribution in [0.2, 0.25) is 0 Å². The normalized spacial score (nSPS) is 24.8. The molecule has 2 saturated heterocycles. The number of piperidine rings is 1. The highest BCUT2D eigenvalue weighted by Crippen LogP contribution is 2.35. The highest BCUT2D eigenvalue weighted by Gasteiger charge is 2.37. The molecule has 8 heteroatoms. The molecule has 0 aromatic carbocycles. The average molecular weight is 400 g/mol. The molecule has 2 fully saturated rings. The third-order valence-corrected chi connectivity index (χ3v) is 7.14. The summed E-state index contributed by atoms with van der Waals surface area (Å²) in [5, 5.41) is 6.66. The summed E-state index contributed by atoms with van der Waals surface area (Å²) < 4.78 is 1.99. The molecular formula is C20H25N5O2S. The predicted octanol–water partition coefficient (Wildman–Crippen LogP) is 1.38. The summed E-state index contributed by atoms with van der Waals surface area (Å²) in [4.78, 5) is 30.2. The Hall–Kier alpha value is -2.06. The van der Waals surface area contributed by atoms with Crippen molar-refractivity contribution in [2.75, 3.05) is 37.7 Å². The van der Waals surface area contributed by atoms with Crippen LogP contribution in [0.25, 0.3) is 0 Å². The van der Waals surface area contributed by atoms with Crippen LogP contribution in [0, 0.1) is 5.92 Å². The summed E-state index contributed by atoms with van der Waals surface area (Å²) in [5.41, 5.74) is 2.69. The first-order valence-electron chi connectivity index (χ1n) is 10.0. The fraction of sp³-hybridized carbons (Fsp3) is 0.550. The topological polar surface area (TPSA) is 74.2 Å². The number of rotatable bonds is 3. The number of amides is 1. The van der Waals surface area contributed by atoms with E-state index in [4.69, 9.17) is 0 Å². The van der Waals surface area contributed by atoms with Crippen molar-refractivity contribution in [3.8, 4) is 0 Å². The molecule has 0 unspecified atom stereocenters. The van der Waals surface area contributed by atoms with Crippen molar-refractivity contribution in [2.24, 2.45) is 5.92 Å². The molecule has 5 heterocycles. The van der Waals surface area contributed by atoms with Gasteiger partial charge in [-0.25, -0.2) is 0 Å². The fourth-order valence-corrected chi connectivity index (χ4v) is 5.80. The highest BCUT2D eigenvalue weighted by atomic mass is 32.2. The van der Waals surface area contributed by atoms with Crippen LogP contribution < -0.4 is 5.56 Å². The molecule has 2 aromatic rings. The van der Waals surface area contributed by atoms with E-state index in [9.17, 15) is 9.59 Å². The SMILES string of the molecule is O=C(c1ccn[nH]1)N1C[C@@H]2C[C@H](C1)c1ccc(CN3CCSCC3)c(=O)n1C2. The zero-order valence-electron chi connectivity index (χ0n) is 15.8. The van der Waals surface area contributed by atoms with E-state index in [2.05, 4.69) is 21.2 Å². The summed E-state index contributed by atoms with van der Waals surface area (Å²) in [6, 6.07) is 5.86. The second kappa shape index (κ2) is 7.40. The van der Waals surface area contributed by atoms with Gasteiger partial charge in [-0.1, -0.05) is 6.07 Å². The van der Waals surface area contributed by atoms with E-state index in [1.54, 1.807) is 12.3 Å². The lowest BCUT2D eigenvalue weighted by Gasteiger charge is -2.42. The van der Waals surface area contributed by atoms with Crippen molar-refractivity contribution < 1.29 is 4.79 Å². The van der Waals surface area contributed by atoms with Gasteiger partial charge >= 0.3 is 0 Å². The van der Waals surface area contributed by atoms with Gasteiger partial charge in [-0.2, -0.15) is 16.9 Å². The van der Waals surface area contributed by atoms with Crippen molar-refractivity contribution in [1.82, 2.24) is 24.6 Å². The smallest absolute Gasteiger partial charge is 0.271 e. The lowest BCUT2D eigenvalue weighted by molar-refractivity contribution is 0.0588. The first kappa shape index (κ1) is 18.0. The number of hydrogen-bond acceptors (Lipinski definition) is 5. The number of likely N-dealkylation sites (tertiary alicyclic amines) is 1. The van der Waals surface area contributed by atoms with Crippen molar-refractivity contribution in [1.29, 1.82) is 0 Å². The van der Waals surface area contributed by atoms with Crippen LogP contribution in [0.3, 0.4) is 0 Å². The van der Waals surface area contributed by atoms with E-state index in [0.29, 0.717) is 31.2 Å². The van der Waals surface area contributed by atoms with E-state index in [-0.39, 0.29) is 17.4 Å². The molecule has 5 rings (SSSR count). The number of aromatic amines is 1. The zero-order valence-corrected chi connectivity index (χ0v) is 16.7. The average Bonchev–Trinajstić information content (AvgIpc) is 3.25. The molecule has 2 aromatic heterocycles. The molecule has 2 bridgehead atoms. The number of nitrogens with zero attached hydrogens (tertiary/aromatic N) is 4. The van der Waals surface area contributed by atoms with Gasteiger partial charge in [0.1, 0.15) is 5.69 Å².